The number of carbonyl (C=O) groups excluding carboxylic acids is 1. The lowest BCUT2D eigenvalue weighted by atomic mass is 10.2. The first-order valence-electron chi connectivity index (χ1n) is 9.59. The van der Waals surface area contributed by atoms with Crippen LogP contribution in [0.3, 0.4) is 0 Å². The summed E-state index contributed by atoms with van der Waals surface area (Å²) in [6, 6.07) is 14.2. The standard InChI is InChI=1S/C21H23N5OS2/c1-15-21(29-16(2)22-15)18-8-9-19(24-23-18)28-14-20(27)26-12-10-25(11-13-26)17-6-4-3-5-7-17/h3-9H,10-14H2,1-2H3. The van der Waals surface area contributed by atoms with Gasteiger partial charge in [-0.25, -0.2) is 4.98 Å². The fourth-order valence-corrected chi connectivity index (χ4v) is 4.97. The Bertz CT molecular complexity index is 966. The average molecular weight is 426 g/mol. The summed E-state index contributed by atoms with van der Waals surface area (Å²) in [5.74, 6) is 0.542. The lowest BCUT2D eigenvalue weighted by Gasteiger charge is -2.36. The highest BCUT2D eigenvalue weighted by Gasteiger charge is 2.21. The highest BCUT2D eigenvalue weighted by molar-refractivity contribution is 7.99. The highest BCUT2D eigenvalue weighted by Crippen LogP contribution is 2.28. The van der Waals surface area contributed by atoms with Crippen molar-refractivity contribution in [2.75, 3.05) is 36.8 Å². The molecule has 0 atom stereocenters. The highest BCUT2D eigenvalue weighted by atomic mass is 32.2. The zero-order chi connectivity index (χ0) is 20.2. The molecule has 0 unspecified atom stereocenters. The molecule has 29 heavy (non-hydrogen) atoms. The molecule has 0 N–H and O–H groups in total. The first-order chi connectivity index (χ1) is 14.1. The van der Waals surface area contributed by atoms with Gasteiger partial charge in [0.2, 0.25) is 5.91 Å². The third kappa shape index (κ3) is 4.76. The van der Waals surface area contributed by atoms with E-state index in [-0.39, 0.29) is 5.91 Å². The molecule has 0 bridgehead atoms. The van der Waals surface area contributed by atoms with Crippen LogP contribution in [0.4, 0.5) is 5.69 Å². The number of nitrogens with zero attached hydrogens (tertiary/aromatic N) is 5. The molecule has 0 radical (unpaired) electrons. The van der Waals surface area contributed by atoms with Crippen LogP contribution in [0, 0.1) is 13.8 Å². The van der Waals surface area contributed by atoms with Crippen molar-refractivity contribution in [2.45, 2.75) is 18.9 Å². The van der Waals surface area contributed by atoms with Crippen molar-refractivity contribution in [3.8, 4) is 10.6 Å². The van der Waals surface area contributed by atoms with Crippen molar-refractivity contribution in [1.29, 1.82) is 0 Å². The Morgan fingerprint density at radius 1 is 1.03 bits per heavy atom. The number of hydrogen-bond donors (Lipinski definition) is 0. The van der Waals surface area contributed by atoms with Gasteiger partial charge in [0.15, 0.2) is 0 Å². The number of benzene rings is 1. The third-order valence-electron chi connectivity index (χ3n) is 4.87. The molecule has 1 saturated heterocycles. The van der Waals surface area contributed by atoms with Gasteiger partial charge in [0.05, 0.1) is 21.3 Å². The van der Waals surface area contributed by atoms with Crippen LogP contribution in [0.5, 0.6) is 0 Å². The number of amides is 1. The van der Waals surface area contributed by atoms with Crippen molar-refractivity contribution in [1.82, 2.24) is 20.1 Å². The number of anilines is 1. The number of rotatable bonds is 5. The molecule has 1 aliphatic rings. The van der Waals surface area contributed by atoms with Crippen molar-refractivity contribution in [2.24, 2.45) is 0 Å². The molecule has 3 aromatic rings. The number of aryl methyl sites for hydroxylation is 2. The minimum absolute atomic E-state index is 0.155. The second-order valence-electron chi connectivity index (χ2n) is 6.90. The van der Waals surface area contributed by atoms with Crippen LogP contribution in [0.25, 0.3) is 10.6 Å². The van der Waals surface area contributed by atoms with E-state index in [0.29, 0.717) is 5.75 Å². The Morgan fingerprint density at radius 2 is 1.79 bits per heavy atom. The molecular formula is C21H23N5OS2. The van der Waals surface area contributed by atoms with Gasteiger partial charge in [-0.2, -0.15) is 0 Å². The van der Waals surface area contributed by atoms with Crippen LogP contribution in [-0.4, -0.2) is 57.9 Å². The Morgan fingerprint density at radius 3 is 2.41 bits per heavy atom. The van der Waals surface area contributed by atoms with Crippen LogP contribution >= 0.6 is 23.1 Å². The second kappa shape index (κ2) is 8.92. The zero-order valence-corrected chi connectivity index (χ0v) is 18.2. The molecule has 0 spiro atoms. The minimum atomic E-state index is 0.155. The van der Waals surface area contributed by atoms with Gasteiger partial charge in [0, 0.05) is 31.9 Å². The van der Waals surface area contributed by atoms with Crippen LogP contribution in [-0.2, 0) is 4.79 Å². The van der Waals surface area contributed by atoms with E-state index in [1.165, 1.54) is 17.4 Å². The quantitative estimate of drug-likeness (QED) is 0.582. The Kier molecular flexibility index (Phi) is 6.10. The molecule has 8 heteroatoms. The van der Waals surface area contributed by atoms with Gasteiger partial charge in [0.25, 0.3) is 0 Å². The molecule has 2 aromatic heterocycles. The van der Waals surface area contributed by atoms with Gasteiger partial charge in [-0.1, -0.05) is 30.0 Å². The summed E-state index contributed by atoms with van der Waals surface area (Å²) in [6.07, 6.45) is 0. The Labute approximate surface area is 179 Å². The maximum absolute atomic E-state index is 12.6. The van der Waals surface area contributed by atoms with Crippen LogP contribution < -0.4 is 4.90 Å². The predicted molar refractivity (Wildman–Crippen MR) is 119 cm³/mol. The number of para-hydroxylation sites is 1. The number of carbonyl (C=O) groups is 1. The van der Waals surface area contributed by atoms with Crippen molar-refractivity contribution < 1.29 is 4.79 Å². The molecule has 1 aliphatic heterocycles. The summed E-state index contributed by atoms with van der Waals surface area (Å²) in [5.41, 5.74) is 3.03. The van der Waals surface area contributed by atoms with Crippen molar-refractivity contribution >= 4 is 34.7 Å². The average Bonchev–Trinajstić information content (AvgIpc) is 3.11. The fourth-order valence-electron chi connectivity index (χ4n) is 3.37. The molecule has 1 fully saturated rings. The molecule has 6 nitrogen and oxygen atoms in total. The molecule has 0 aliphatic carbocycles. The van der Waals surface area contributed by atoms with E-state index in [2.05, 4.69) is 32.2 Å². The normalized spacial score (nSPS) is 14.3. The van der Waals surface area contributed by atoms with E-state index < -0.39 is 0 Å². The summed E-state index contributed by atoms with van der Waals surface area (Å²) >= 11 is 3.07. The van der Waals surface area contributed by atoms with Crippen LogP contribution in [0.1, 0.15) is 10.7 Å². The zero-order valence-electron chi connectivity index (χ0n) is 16.5. The molecule has 1 aromatic carbocycles. The summed E-state index contributed by atoms with van der Waals surface area (Å²) in [4.78, 5) is 22.3. The SMILES string of the molecule is Cc1nc(C)c(-c2ccc(SCC(=O)N3CCN(c4ccccc4)CC3)nn2)s1. The van der Waals surface area contributed by atoms with Gasteiger partial charge in [-0.05, 0) is 38.1 Å². The smallest absolute Gasteiger partial charge is 0.233 e. The first-order valence-corrected chi connectivity index (χ1v) is 11.4. The molecule has 3 heterocycles. The van der Waals surface area contributed by atoms with Crippen LogP contribution in [0.2, 0.25) is 0 Å². The molecule has 150 valence electrons. The third-order valence-corrected chi connectivity index (χ3v) is 6.87. The number of piperazine rings is 1. The molecule has 4 rings (SSSR count). The monoisotopic (exact) mass is 425 g/mol. The van der Waals surface area contributed by atoms with E-state index >= 15 is 0 Å². The van der Waals surface area contributed by atoms with Crippen molar-refractivity contribution in [3.05, 3.63) is 53.2 Å². The first kappa shape index (κ1) is 19.8. The Balaban J connectivity index is 1.28. The Hall–Kier alpha value is -2.45. The second-order valence-corrected chi connectivity index (χ2v) is 9.10. The van der Waals surface area contributed by atoms with Gasteiger partial charge in [0.1, 0.15) is 10.7 Å². The summed E-state index contributed by atoms with van der Waals surface area (Å²) in [6.45, 7) is 7.21. The van der Waals surface area contributed by atoms with E-state index in [4.69, 9.17) is 0 Å². The van der Waals surface area contributed by atoms with E-state index in [1.54, 1.807) is 11.3 Å². The molecule has 1 amide bonds. The number of thiazole rings is 1. The fraction of sp³-hybridized carbons (Fsp3) is 0.333. The van der Waals surface area contributed by atoms with E-state index in [9.17, 15) is 4.79 Å². The van der Waals surface area contributed by atoms with Crippen molar-refractivity contribution in [3.63, 3.8) is 0 Å². The predicted octanol–water partition coefficient (Wildman–Crippen LogP) is 3.66. The number of thioether (sulfide) groups is 1. The van der Waals surface area contributed by atoms with Gasteiger partial charge >= 0.3 is 0 Å². The van der Waals surface area contributed by atoms with Crippen LogP contribution in [0.15, 0.2) is 47.5 Å². The van der Waals surface area contributed by atoms with Gasteiger partial charge < -0.3 is 9.80 Å². The molecular weight excluding hydrogens is 402 g/mol. The van der Waals surface area contributed by atoms with Gasteiger partial charge in [-0.15, -0.1) is 21.5 Å². The lowest BCUT2D eigenvalue weighted by Crippen LogP contribution is -2.49. The number of hydrogen-bond acceptors (Lipinski definition) is 7. The maximum atomic E-state index is 12.6. The maximum Gasteiger partial charge on any atom is 0.233 e. The summed E-state index contributed by atoms with van der Waals surface area (Å²) < 4.78 is 0. The van der Waals surface area contributed by atoms with E-state index in [1.807, 2.05) is 49.1 Å². The topological polar surface area (TPSA) is 62.2 Å². The number of aromatic nitrogens is 3. The van der Waals surface area contributed by atoms with E-state index in [0.717, 1.165) is 52.5 Å². The lowest BCUT2D eigenvalue weighted by molar-refractivity contribution is -0.128. The minimum Gasteiger partial charge on any atom is -0.368 e. The largest absolute Gasteiger partial charge is 0.368 e. The summed E-state index contributed by atoms with van der Waals surface area (Å²) in [5, 5.41) is 10.4. The summed E-state index contributed by atoms with van der Waals surface area (Å²) in [7, 11) is 0. The van der Waals surface area contributed by atoms with Gasteiger partial charge in [-0.3, -0.25) is 4.79 Å². The molecule has 0 saturated carbocycles.